The normalized spacial score (nSPS) is 14.4. The topological polar surface area (TPSA) is 38.0 Å². The molecule has 1 heterocycles. The maximum Gasteiger partial charge on any atom is 0.0650 e. The van der Waals surface area contributed by atoms with Gasteiger partial charge in [0, 0.05) is 19.7 Å². The molecule has 2 aromatic rings. The lowest BCUT2D eigenvalue weighted by atomic mass is 9.93. The summed E-state index contributed by atoms with van der Waals surface area (Å²) in [4.78, 5) is 0. The first kappa shape index (κ1) is 12.8. The van der Waals surface area contributed by atoms with Crippen LogP contribution in [-0.4, -0.2) is 21.0 Å². The van der Waals surface area contributed by atoms with Gasteiger partial charge in [-0.05, 0) is 24.0 Å². The first-order chi connectivity index (χ1) is 8.65. The van der Waals surface area contributed by atoms with E-state index in [0.29, 0.717) is 12.3 Å². The van der Waals surface area contributed by atoms with E-state index >= 15 is 0 Å². The van der Waals surface area contributed by atoms with Crippen LogP contribution in [0, 0.1) is 0 Å². The molecule has 0 saturated heterocycles. The number of hydrogen-bond donors (Lipinski definition) is 1. The number of aromatic nitrogens is 2. The van der Waals surface area contributed by atoms with Crippen molar-refractivity contribution < 1.29 is 5.11 Å². The lowest BCUT2D eigenvalue weighted by molar-refractivity contribution is 0.156. The molecule has 1 aromatic carbocycles. The Labute approximate surface area is 108 Å². The van der Waals surface area contributed by atoms with E-state index in [4.69, 9.17) is 0 Å². The van der Waals surface area contributed by atoms with Gasteiger partial charge in [0.2, 0.25) is 0 Å². The number of benzene rings is 1. The Bertz CT molecular complexity index is 478. The van der Waals surface area contributed by atoms with E-state index in [-0.39, 0.29) is 6.10 Å². The van der Waals surface area contributed by atoms with Gasteiger partial charge in [0.1, 0.15) is 0 Å². The largest absolute Gasteiger partial charge is 0.393 e. The molecule has 3 nitrogen and oxygen atoms in total. The van der Waals surface area contributed by atoms with E-state index in [1.165, 1.54) is 5.56 Å². The highest BCUT2D eigenvalue weighted by Gasteiger charge is 2.13. The molecule has 0 fully saturated rings. The van der Waals surface area contributed by atoms with E-state index < -0.39 is 0 Å². The first-order valence-corrected chi connectivity index (χ1v) is 6.36. The van der Waals surface area contributed by atoms with E-state index in [0.717, 1.165) is 12.1 Å². The molecule has 0 spiro atoms. The second-order valence-corrected chi connectivity index (χ2v) is 4.89. The Morgan fingerprint density at radius 1 is 1.22 bits per heavy atom. The summed E-state index contributed by atoms with van der Waals surface area (Å²) in [6, 6.07) is 12.3. The fourth-order valence-electron chi connectivity index (χ4n) is 2.22. The third kappa shape index (κ3) is 3.44. The van der Waals surface area contributed by atoms with Crippen LogP contribution in [0.4, 0.5) is 0 Å². The summed E-state index contributed by atoms with van der Waals surface area (Å²) in [7, 11) is 1.89. The van der Waals surface area contributed by atoms with Crippen LogP contribution in [0.25, 0.3) is 0 Å². The molecule has 0 bridgehead atoms. The van der Waals surface area contributed by atoms with Gasteiger partial charge in [-0.15, -0.1) is 0 Å². The zero-order chi connectivity index (χ0) is 13.0. The maximum absolute atomic E-state index is 10.1. The van der Waals surface area contributed by atoms with Crippen molar-refractivity contribution in [2.24, 2.45) is 7.05 Å². The summed E-state index contributed by atoms with van der Waals surface area (Å²) in [5.41, 5.74) is 2.22. The molecule has 1 aromatic heterocycles. The molecule has 0 amide bonds. The number of hydrogen-bond acceptors (Lipinski definition) is 2. The summed E-state index contributed by atoms with van der Waals surface area (Å²) >= 11 is 0. The van der Waals surface area contributed by atoms with Crippen LogP contribution in [0.15, 0.2) is 42.6 Å². The fraction of sp³-hybridized carbons (Fsp3) is 0.400. The van der Waals surface area contributed by atoms with Crippen LogP contribution in [0.1, 0.15) is 30.5 Å². The van der Waals surface area contributed by atoms with Gasteiger partial charge >= 0.3 is 0 Å². The van der Waals surface area contributed by atoms with Crippen molar-refractivity contribution in [2.45, 2.75) is 31.8 Å². The number of aliphatic hydroxyl groups excluding tert-OH is 1. The summed E-state index contributed by atoms with van der Waals surface area (Å²) in [5, 5.41) is 14.4. The standard InChI is InChI=1S/C15H20N2O/c1-12(13-6-4-3-5-7-13)10-15(18)11-14-8-9-17(2)16-14/h3-9,12,15,18H,10-11H2,1-2H3. The highest BCUT2D eigenvalue weighted by Crippen LogP contribution is 2.21. The smallest absolute Gasteiger partial charge is 0.0650 e. The average molecular weight is 244 g/mol. The average Bonchev–Trinajstić information content (AvgIpc) is 2.75. The van der Waals surface area contributed by atoms with Crippen LogP contribution in [0.5, 0.6) is 0 Å². The summed E-state index contributed by atoms with van der Waals surface area (Å²) in [5.74, 6) is 0.366. The highest BCUT2D eigenvalue weighted by molar-refractivity contribution is 5.18. The molecular weight excluding hydrogens is 224 g/mol. The van der Waals surface area contributed by atoms with Gasteiger partial charge in [-0.3, -0.25) is 4.68 Å². The molecule has 0 saturated carbocycles. The number of rotatable bonds is 5. The molecular formula is C15H20N2O. The predicted molar refractivity (Wildman–Crippen MR) is 72.4 cm³/mol. The predicted octanol–water partition coefficient (Wildman–Crippen LogP) is 2.52. The molecule has 0 aliphatic rings. The van der Waals surface area contributed by atoms with Crippen LogP contribution < -0.4 is 0 Å². The second kappa shape index (κ2) is 5.83. The van der Waals surface area contributed by atoms with Crippen LogP contribution in [0.3, 0.4) is 0 Å². The molecule has 3 heteroatoms. The molecule has 2 rings (SSSR count). The van der Waals surface area contributed by atoms with E-state index in [9.17, 15) is 5.11 Å². The summed E-state index contributed by atoms with van der Waals surface area (Å²) in [6.45, 7) is 2.15. The Hall–Kier alpha value is -1.61. The van der Waals surface area contributed by atoms with Crippen molar-refractivity contribution in [3.63, 3.8) is 0 Å². The van der Waals surface area contributed by atoms with Gasteiger partial charge < -0.3 is 5.11 Å². The van der Waals surface area contributed by atoms with Gasteiger partial charge in [-0.25, -0.2) is 0 Å². The van der Waals surface area contributed by atoms with E-state index in [1.54, 1.807) is 4.68 Å². The van der Waals surface area contributed by atoms with Crippen molar-refractivity contribution in [3.05, 3.63) is 53.9 Å². The zero-order valence-electron chi connectivity index (χ0n) is 11.0. The molecule has 96 valence electrons. The van der Waals surface area contributed by atoms with Crippen LogP contribution >= 0.6 is 0 Å². The molecule has 18 heavy (non-hydrogen) atoms. The number of nitrogens with zero attached hydrogens (tertiary/aromatic N) is 2. The number of aliphatic hydroxyl groups is 1. The van der Waals surface area contributed by atoms with Gasteiger partial charge in [0.05, 0.1) is 11.8 Å². The number of aryl methyl sites for hydroxylation is 1. The Balaban J connectivity index is 1.89. The molecule has 2 unspecified atom stereocenters. The summed E-state index contributed by atoms with van der Waals surface area (Å²) < 4.78 is 1.77. The fourth-order valence-corrected chi connectivity index (χ4v) is 2.22. The summed E-state index contributed by atoms with van der Waals surface area (Å²) in [6.07, 6.45) is 2.96. The lowest BCUT2D eigenvalue weighted by Gasteiger charge is -2.16. The lowest BCUT2D eigenvalue weighted by Crippen LogP contribution is -2.14. The Morgan fingerprint density at radius 2 is 1.94 bits per heavy atom. The quantitative estimate of drug-likeness (QED) is 0.877. The van der Waals surface area contributed by atoms with Crippen LogP contribution in [0.2, 0.25) is 0 Å². The monoisotopic (exact) mass is 244 g/mol. The van der Waals surface area contributed by atoms with Gasteiger partial charge in [0.15, 0.2) is 0 Å². The van der Waals surface area contributed by atoms with E-state index in [1.807, 2.05) is 37.5 Å². The van der Waals surface area contributed by atoms with Crippen molar-refractivity contribution in [1.82, 2.24) is 9.78 Å². The molecule has 0 aliphatic carbocycles. The van der Waals surface area contributed by atoms with E-state index in [2.05, 4.69) is 24.2 Å². The van der Waals surface area contributed by atoms with Gasteiger partial charge in [-0.1, -0.05) is 37.3 Å². The second-order valence-electron chi connectivity index (χ2n) is 4.89. The van der Waals surface area contributed by atoms with Crippen LogP contribution in [-0.2, 0) is 13.5 Å². The minimum atomic E-state index is -0.338. The molecule has 1 N–H and O–H groups in total. The minimum Gasteiger partial charge on any atom is -0.393 e. The minimum absolute atomic E-state index is 0.338. The Morgan fingerprint density at radius 3 is 2.56 bits per heavy atom. The Kier molecular flexibility index (Phi) is 4.15. The highest BCUT2D eigenvalue weighted by atomic mass is 16.3. The molecule has 0 radical (unpaired) electrons. The van der Waals surface area contributed by atoms with Gasteiger partial charge in [0.25, 0.3) is 0 Å². The van der Waals surface area contributed by atoms with Crippen molar-refractivity contribution in [2.75, 3.05) is 0 Å². The van der Waals surface area contributed by atoms with Crippen molar-refractivity contribution in [1.29, 1.82) is 0 Å². The maximum atomic E-state index is 10.1. The third-order valence-corrected chi connectivity index (χ3v) is 3.21. The molecule has 2 atom stereocenters. The first-order valence-electron chi connectivity index (χ1n) is 6.36. The zero-order valence-corrected chi connectivity index (χ0v) is 11.0. The SMILES string of the molecule is CC(CC(O)Cc1ccn(C)n1)c1ccccc1. The van der Waals surface area contributed by atoms with Crippen molar-refractivity contribution >= 4 is 0 Å². The van der Waals surface area contributed by atoms with Crippen molar-refractivity contribution in [3.8, 4) is 0 Å². The van der Waals surface area contributed by atoms with Gasteiger partial charge in [-0.2, -0.15) is 5.10 Å². The molecule has 0 aliphatic heterocycles. The third-order valence-electron chi connectivity index (χ3n) is 3.21.